The quantitative estimate of drug-likeness (QED) is 0.324. The molecule has 1 amide bonds. The second-order valence-corrected chi connectivity index (χ2v) is 8.99. The highest BCUT2D eigenvalue weighted by atomic mass is 16.5. The molecule has 0 radical (unpaired) electrons. The van der Waals surface area contributed by atoms with Gasteiger partial charge in [0.2, 0.25) is 0 Å². The molecule has 0 spiro atoms. The zero-order chi connectivity index (χ0) is 25.7. The predicted molar refractivity (Wildman–Crippen MR) is 136 cm³/mol. The van der Waals surface area contributed by atoms with Crippen molar-refractivity contribution in [2.24, 2.45) is 0 Å². The van der Waals surface area contributed by atoms with Crippen LogP contribution in [0.5, 0.6) is 11.5 Å². The Balaban J connectivity index is 1.68. The lowest BCUT2D eigenvalue weighted by Crippen LogP contribution is -2.38. The van der Waals surface area contributed by atoms with E-state index in [9.17, 15) is 14.7 Å². The summed E-state index contributed by atoms with van der Waals surface area (Å²) in [5.74, 6) is -0.0706. The molecule has 2 aliphatic heterocycles. The van der Waals surface area contributed by atoms with Crippen molar-refractivity contribution in [3.8, 4) is 11.5 Å². The van der Waals surface area contributed by atoms with Gasteiger partial charge in [-0.2, -0.15) is 0 Å². The molecule has 2 aliphatic rings. The van der Waals surface area contributed by atoms with Gasteiger partial charge in [0.15, 0.2) is 0 Å². The summed E-state index contributed by atoms with van der Waals surface area (Å²) >= 11 is 0. The van der Waals surface area contributed by atoms with E-state index in [0.717, 1.165) is 30.8 Å². The number of rotatable bonds is 9. The number of amides is 1. The highest BCUT2D eigenvalue weighted by Crippen LogP contribution is 2.40. The summed E-state index contributed by atoms with van der Waals surface area (Å²) in [6.45, 7) is 8.65. The first-order valence-corrected chi connectivity index (χ1v) is 12.4. The van der Waals surface area contributed by atoms with Gasteiger partial charge in [-0.3, -0.25) is 14.5 Å². The van der Waals surface area contributed by atoms with Crippen LogP contribution in [0, 0.1) is 6.92 Å². The maximum atomic E-state index is 13.3. The fourth-order valence-corrected chi connectivity index (χ4v) is 4.80. The summed E-state index contributed by atoms with van der Waals surface area (Å²) in [5, 5.41) is 11.3. The van der Waals surface area contributed by atoms with E-state index in [1.54, 1.807) is 42.3 Å². The van der Waals surface area contributed by atoms with Gasteiger partial charge in [-0.05, 0) is 61.7 Å². The molecular weight excluding hydrogens is 460 g/mol. The molecule has 2 heterocycles. The number of Topliss-reactive ketones (excluding diaryl/α,β-unsaturated/α-hetero) is 1. The fourth-order valence-electron chi connectivity index (χ4n) is 4.80. The van der Waals surface area contributed by atoms with Crippen LogP contribution in [0.15, 0.2) is 48.0 Å². The molecule has 192 valence electrons. The number of aliphatic hydroxyl groups is 1. The minimum atomic E-state index is -0.688. The van der Waals surface area contributed by atoms with E-state index in [2.05, 4.69) is 4.90 Å². The SMILES string of the molecule is CCOc1ccc(C(O)=C2C(=O)C(=O)N(CCCN3CCOCC3)C2c2ccc(OC)cc2)cc1C. The van der Waals surface area contributed by atoms with Gasteiger partial charge in [0.1, 0.15) is 17.3 Å². The highest BCUT2D eigenvalue weighted by molar-refractivity contribution is 6.46. The number of aliphatic hydroxyl groups excluding tert-OH is 1. The Labute approximate surface area is 212 Å². The fraction of sp³-hybridized carbons (Fsp3) is 0.429. The molecule has 8 nitrogen and oxygen atoms in total. The first kappa shape index (κ1) is 25.7. The van der Waals surface area contributed by atoms with Crippen LogP contribution in [0.2, 0.25) is 0 Å². The maximum absolute atomic E-state index is 13.3. The number of hydrogen-bond acceptors (Lipinski definition) is 7. The Kier molecular flexibility index (Phi) is 8.28. The molecule has 1 N–H and O–H groups in total. The van der Waals surface area contributed by atoms with Crippen LogP contribution in [0.4, 0.5) is 0 Å². The van der Waals surface area contributed by atoms with Gasteiger partial charge in [0.05, 0.1) is 38.5 Å². The number of morpholine rings is 1. The second kappa shape index (κ2) is 11.6. The molecule has 1 unspecified atom stereocenters. The number of methoxy groups -OCH3 is 1. The molecule has 8 heteroatoms. The van der Waals surface area contributed by atoms with Gasteiger partial charge < -0.3 is 24.2 Å². The summed E-state index contributed by atoms with van der Waals surface area (Å²) in [5.41, 5.74) is 2.15. The van der Waals surface area contributed by atoms with E-state index in [1.165, 1.54) is 0 Å². The van der Waals surface area contributed by atoms with Gasteiger partial charge in [-0.15, -0.1) is 0 Å². The molecule has 2 saturated heterocycles. The van der Waals surface area contributed by atoms with Crippen molar-refractivity contribution < 1.29 is 28.9 Å². The first-order chi connectivity index (χ1) is 17.4. The Morgan fingerprint density at radius 2 is 1.81 bits per heavy atom. The lowest BCUT2D eigenvalue weighted by molar-refractivity contribution is -0.140. The lowest BCUT2D eigenvalue weighted by atomic mass is 9.94. The number of ether oxygens (including phenoxy) is 3. The van der Waals surface area contributed by atoms with Gasteiger partial charge in [-0.1, -0.05) is 12.1 Å². The minimum Gasteiger partial charge on any atom is -0.507 e. The summed E-state index contributed by atoms with van der Waals surface area (Å²) < 4.78 is 16.3. The smallest absolute Gasteiger partial charge is 0.295 e. The highest BCUT2D eigenvalue weighted by Gasteiger charge is 2.45. The molecule has 2 fully saturated rings. The third kappa shape index (κ3) is 5.39. The lowest BCUT2D eigenvalue weighted by Gasteiger charge is -2.29. The van der Waals surface area contributed by atoms with E-state index in [-0.39, 0.29) is 11.3 Å². The largest absolute Gasteiger partial charge is 0.507 e. The molecule has 36 heavy (non-hydrogen) atoms. The number of carbonyl (C=O) groups excluding carboxylic acids is 2. The van der Waals surface area contributed by atoms with Crippen molar-refractivity contribution in [3.63, 3.8) is 0 Å². The molecule has 1 atom stereocenters. The monoisotopic (exact) mass is 494 g/mol. The number of aryl methyl sites for hydroxylation is 1. The topological polar surface area (TPSA) is 88.5 Å². The Morgan fingerprint density at radius 1 is 1.08 bits per heavy atom. The van der Waals surface area contributed by atoms with Crippen LogP contribution in [-0.4, -0.2) is 79.7 Å². The predicted octanol–water partition coefficient (Wildman–Crippen LogP) is 3.55. The standard InChI is InChI=1S/C28H34N2O6/c1-4-36-23-11-8-21(18-19(23)2)26(31)24-25(20-6-9-22(34-3)10-7-20)30(28(33)27(24)32)13-5-12-29-14-16-35-17-15-29/h6-11,18,25,31H,4-5,12-17H2,1-3H3. The van der Waals surface area contributed by atoms with E-state index in [0.29, 0.717) is 49.8 Å². The third-order valence-electron chi connectivity index (χ3n) is 6.70. The number of hydrogen-bond donors (Lipinski definition) is 1. The van der Waals surface area contributed by atoms with E-state index in [1.807, 2.05) is 26.0 Å². The molecule has 0 aromatic heterocycles. The first-order valence-electron chi connectivity index (χ1n) is 12.4. The van der Waals surface area contributed by atoms with Crippen molar-refractivity contribution in [3.05, 3.63) is 64.7 Å². The van der Waals surface area contributed by atoms with Crippen molar-refractivity contribution in [1.29, 1.82) is 0 Å². The normalized spacial score (nSPS) is 20.1. The second-order valence-electron chi connectivity index (χ2n) is 8.99. The van der Waals surface area contributed by atoms with E-state index < -0.39 is 17.7 Å². The third-order valence-corrected chi connectivity index (χ3v) is 6.70. The van der Waals surface area contributed by atoms with Crippen LogP contribution in [0.25, 0.3) is 5.76 Å². The summed E-state index contributed by atoms with van der Waals surface area (Å²) in [6.07, 6.45) is 0.710. The van der Waals surface area contributed by atoms with Crippen LogP contribution in [0.1, 0.15) is 36.1 Å². The Morgan fingerprint density at radius 3 is 2.44 bits per heavy atom. The zero-order valence-corrected chi connectivity index (χ0v) is 21.2. The van der Waals surface area contributed by atoms with Crippen LogP contribution < -0.4 is 9.47 Å². The Bertz CT molecular complexity index is 1120. The molecule has 0 saturated carbocycles. The van der Waals surface area contributed by atoms with Crippen molar-refractivity contribution >= 4 is 17.4 Å². The Hall–Kier alpha value is -3.36. The number of carbonyl (C=O) groups is 2. The van der Waals surface area contributed by atoms with Crippen molar-refractivity contribution in [2.45, 2.75) is 26.3 Å². The maximum Gasteiger partial charge on any atom is 0.295 e. The average Bonchev–Trinajstić information content (AvgIpc) is 3.15. The van der Waals surface area contributed by atoms with E-state index in [4.69, 9.17) is 14.2 Å². The molecule has 2 aromatic carbocycles. The van der Waals surface area contributed by atoms with Crippen molar-refractivity contribution in [2.75, 3.05) is 53.1 Å². The van der Waals surface area contributed by atoms with Gasteiger partial charge in [0, 0.05) is 31.7 Å². The molecule has 4 rings (SSSR count). The van der Waals surface area contributed by atoms with E-state index >= 15 is 0 Å². The van der Waals surface area contributed by atoms with Gasteiger partial charge in [0.25, 0.3) is 11.7 Å². The number of benzene rings is 2. The number of nitrogens with zero attached hydrogens (tertiary/aromatic N) is 2. The average molecular weight is 495 g/mol. The van der Waals surface area contributed by atoms with Crippen LogP contribution >= 0.6 is 0 Å². The summed E-state index contributed by atoms with van der Waals surface area (Å²) in [6, 6.07) is 11.8. The van der Waals surface area contributed by atoms with Crippen LogP contribution in [-0.2, 0) is 14.3 Å². The molecule has 0 bridgehead atoms. The van der Waals surface area contributed by atoms with Gasteiger partial charge in [-0.25, -0.2) is 0 Å². The summed E-state index contributed by atoms with van der Waals surface area (Å²) in [7, 11) is 1.58. The molecule has 2 aromatic rings. The molecule has 0 aliphatic carbocycles. The zero-order valence-electron chi connectivity index (χ0n) is 21.2. The molecular formula is C28H34N2O6. The van der Waals surface area contributed by atoms with Crippen molar-refractivity contribution in [1.82, 2.24) is 9.80 Å². The number of likely N-dealkylation sites (tertiary alicyclic amines) is 1. The summed E-state index contributed by atoms with van der Waals surface area (Å²) in [4.78, 5) is 30.3. The van der Waals surface area contributed by atoms with Crippen LogP contribution in [0.3, 0.4) is 0 Å². The number of ketones is 1. The van der Waals surface area contributed by atoms with Gasteiger partial charge >= 0.3 is 0 Å². The minimum absolute atomic E-state index is 0.0973.